The van der Waals surface area contributed by atoms with Crippen molar-refractivity contribution in [2.75, 3.05) is 6.61 Å². The van der Waals surface area contributed by atoms with E-state index in [0.29, 0.717) is 11.3 Å². The lowest BCUT2D eigenvalue weighted by Crippen LogP contribution is -2.39. The Morgan fingerprint density at radius 3 is 2.34 bits per heavy atom. The Morgan fingerprint density at radius 2 is 1.71 bits per heavy atom. The van der Waals surface area contributed by atoms with E-state index in [4.69, 9.17) is 0 Å². The number of aromatic nitrogens is 2. The summed E-state index contributed by atoms with van der Waals surface area (Å²) in [5.74, 6) is -0.916. The van der Waals surface area contributed by atoms with E-state index in [1.54, 1.807) is 41.2 Å². The lowest BCUT2D eigenvalue weighted by molar-refractivity contribution is -0.274. The minimum Gasteiger partial charge on any atom is -0.406 e. The zero-order valence-corrected chi connectivity index (χ0v) is 18.7. The molecule has 7 nitrogen and oxygen atoms in total. The highest BCUT2D eigenvalue weighted by molar-refractivity contribution is 7.89. The molecule has 0 aliphatic carbocycles. The fourth-order valence-corrected chi connectivity index (χ4v) is 4.76. The first-order chi connectivity index (χ1) is 16.5. The monoisotopic (exact) mass is 509 g/mol. The molecule has 0 fully saturated rings. The van der Waals surface area contributed by atoms with Crippen molar-refractivity contribution in [2.45, 2.75) is 23.7 Å². The van der Waals surface area contributed by atoms with E-state index in [1.807, 2.05) is 0 Å². The van der Waals surface area contributed by atoms with Crippen molar-refractivity contribution in [1.29, 1.82) is 0 Å². The highest BCUT2D eigenvalue weighted by Crippen LogP contribution is 2.24. The topological polar surface area (TPSA) is 93.5 Å². The predicted molar refractivity (Wildman–Crippen MR) is 119 cm³/mol. The third-order valence-electron chi connectivity index (χ3n) is 5.10. The molecular weight excluding hydrogens is 490 g/mol. The highest BCUT2D eigenvalue weighted by atomic mass is 32.2. The van der Waals surface area contributed by atoms with E-state index in [0.717, 1.165) is 35.2 Å². The summed E-state index contributed by atoms with van der Waals surface area (Å²) in [5, 5.41) is 14.8. The van der Waals surface area contributed by atoms with Crippen LogP contribution in [0.4, 0.5) is 17.6 Å². The smallest absolute Gasteiger partial charge is 0.406 e. The number of aliphatic hydroxyl groups is 1. The number of benzene rings is 3. The Hall–Kier alpha value is -3.48. The lowest BCUT2D eigenvalue weighted by atomic mass is 10.1. The van der Waals surface area contributed by atoms with Gasteiger partial charge in [-0.05, 0) is 72.6 Å². The van der Waals surface area contributed by atoms with E-state index in [2.05, 4.69) is 14.6 Å². The Kier molecular flexibility index (Phi) is 6.79. The number of alkyl halides is 3. The molecule has 1 atom stereocenters. The van der Waals surface area contributed by atoms with Crippen LogP contribution < -0.4 is 9.46 Å². The summed E-state index contributed by atoms with van der Waals surface area (Å²) >= 11 is 0. The average Bonchev–Trinajstić information content (AvgIpc) is 3.21. The van der Waals surface area contributed by atoms with Crippen LogP contribution in [0.1, 0.15) is 5.56 Å². The lowest BCUT2D eigenvalue weighted by Gasteiger charge is -2.17. The third-order valence-corrected chi connectivity index (χ3v) is 6.63. The van der Waals surface area contributed by atoms with Crippen molar-refractivity contribution >= 4 is 20.9 Å². The van der Waals surface area contributed by atoms with Gasteiger partial charge in [-0.2, -0.15) is 5.10 Å². The number of aliphatic hydroxyl groups excluding tert-OH is 1. The van der Waals surface area contributed by atoms with Crippen molar-refractivity contribution < 1.29 is 35.8 Å². The zero-order valence-electron chi connectivity index (χ0n) is 17.9. The second kappa shape index (κ2) is 9.64. The van der Waals surface area contributed by atoms with E-state index in [9.17, 15) is 31.1 Å². The molecule has 12 heteroatoms. The molecule has 1 aromatic heterocycles. The molecule has 2 N–H and O–H groups in total. The Balaban J connectivity index is 1.48. The summed E-state index contributed by atoms with van der Waals surface area (Å²) in [6, 6.07) is 14.0. The fourth-order valence-electron chi connectivity index (χ4n) is 3.53. The van der Waals surface area contributed by atoms with Crippen molar-refractivity contribution in [2.24, 2.45) is 0 Å². The molecule has 0 saturated carbocycles. The van der Waals surface area contributed by atoms with Gasteiger partial charge in [-0.15, -0.1) is 13.2 Å². The normalized spacial score (nSPS) is 13.2. The van der Waals surface area contributed by atoms with Gasteiger partial charge in [-0.1, -0.05) is 6.07 Å². The number of hydrogen-bond donors (Lipinski definition) is 2. The molecule has 0 unspecified atom stereocenters. The van der Waals surface area contributed by atoms with Gasteiger partial charge in [0.2, 0.25) is 10.0 Å². The molecule has 0 bridgehead atoms. The van der Waals surface area contributed by atoms with Crippen molar-refractivity contribution in [3.63, 3.8) is 0 Å². The van der Waals surface area contributed by atoms with Crippen LogP contribution in [0.15, 0.2) is 77.8 Å². The summed E-state index contributed by atoms with van der Waals surface area (Å²) in [4.78, 5) is -0.276. The summed E-state index contributed by atoms with van der Waals surface area (Å²) in [7, 11) is -4.12. The minimum atomic E-state index is -4.89. The van der Waals surface area contributed by atoms with Crippen molar-refractivity contribution in [3.8, 4) is 11.4 Å². The van der Waals surface area contributed by atoms with Gasteiger partial charge < -0.3 is 9.84 Å². The number of sulfonamides is 1. The summed E-state index contributed by atoms with van der Waals surface area (Å²) in [6.45, 7) is -0.513. The van der Waals surface area contributed by atoms with Crippen LogP contribution in [0.2, 0.25) is 0 Å². The maximum absolute atomic E-state index is 13.2. The van der Waals surface area contributed by atoms with Crippen LogP contribution >= 0.6 is 0 Å². The molecule has 0 radical (unpaired) electrons. The molecule has 3 aromatic carbocycles. The number of fused-ring (bicyclic) bond motifs is 1. The van der Waals surface area contributed by atoms with E-state index in [1.165, 1.54) is 12.1 Å². The summed E-state index contributed by atoms with van der Waals surface area (Å²) < 4.78 is 83.2. The Morgan fingerprint density at radius 1 is 1.03 bits per heavy atom. The molecule has 1 heterocycles. The Bertz CT molecular complexity index is 1420. The van der Waals surface area contributed by atoms with Gasteiger partial charge in [0.1, 0.15) is 11.6 Å². The van der Waals surface area contributed by atoms with Gasteiger partial charge in [0, 0.05) is 11.4 Å². The first-order valence-electron chi connectivity index (χ1n) is 10.3. The SMILES string of the molecule is O=S(=O)(N[C@H](CO)Cc1ccc2c(cnn2-c2ccc(F)cc2)c1)c1ccc(OC(F)(F)F)cc1. The average molecular weight is 509 g/mol. The van der Waals surface area contributed by atoms with Gasteiger partial charge in [0.05, 0.1) is 28.9 Å². The Labute approximate surface area is 197 Å². The van der Waals surface area contributed by atoms with Crippen LogP contribution in [0, 0.1) is 5.82 Å². The van der Waals surface area contributed by atoms with Crippen LogP contribution in [0.5, 0.6) is 5.75 Å². The molecule has 0 spiro atoms. The number of hydrogen-bond acceptors (Lipinski definition) is 5. The number of rotatable bonds is 8. The molecule has 35 heavy (non-hydrogen) atoms. The van der Waals surface area contributed by atoms with Crippen LogP contribution in [-0.4, -0.2) is 42.3 Å². The predicted octanol–water partition coefficient (Wildman–Crippen LogP) is 3.95. The standard InChI is InChI=1S/C23H19F4N3O4S/c24-17-2-4-19(5-3-17)30-22-10-1-15(11-16(22)13-28-30)12-18(14-31)29-35(32,33)21-8-6-20(7-9-21)34-23(25,26)27/h1-11,13,18,29,31H,12,14H2/t18-/m0/s1. The van der Waals surface area contributed by atoms with E-state index >= 15 is 0 Å². The van der Waals surface area contributed by atoms with Crippen molar-refractivity contribution in [1.82, 2.24) is 14.5 Å². The molecule has 184 valence electrons. The quantitative estimate of drug-likeness (QED) is 0.351. The first kappa shape index (κ1) is 24.6. The third kappa shape index (κ3) is 5.96. The summed E-state index contributed by atoms with van der Waals surface area (Å²) in [6.07, 6.45) is -3.13. The van der Waals surface area contributed by atoms with E-state index in [-0.39, 0.29) is 17.1 Å². The molecule has 0 aliphatic rings. The summed E-state index contributed by atoms with van der Waals surface area (Å²) in [5.41, 5.74) is 2.14. The number of ether oxygens (including phenoxy) is 1. The first-order valence-corrected chi connectivity index (χ1v) is 11.7. The van der Waals surface area contributed by atoms with Gasteiger partial charge in [-0.25, -0.2) is 22.2 Å². The fraction of sp³-hybridized carbons (Fsp3) is 0.174. The molecule has 0 amide bonds. The number of nitrogens with zero attached hydrogens (tertiary/aromatic N) is 2. The maximum atomic E-state index is 13.2. The highest BCUT2D eigenvalue weighted by Gasteiger charge is 2.31. The molecule has 4 rings (SSSR count). The van der Waals surface area contributed by atoms with Gasteiger partial charge in [-0.3, -0.25) is 0 Å². The molecule has 0 aliphatic heterocycles. The van der Waals surface area contributed by atoms with Gasteiger partial charge in [0.15, 0.2) is 0 Å². The van der Waals surface area contributed by atoms with E-state index < -0.39 is 34.8 Å². The van der Waals surface area contributed by atoms with Crippen LogP contribution in [0.25, 0.3) is 16.6 Å². The van der Waals surface area contributed by atoms with Gasteiger partial charge in [0.25, 0.3) is 0 Å². The van der Waals surface area contributed by atoms with Crippen LogP contribution in [0.3, 0.4) is 0 Å². The minimum absolute atomic E-state index is 0.142. The number of halogens is 4. The maximum Gasteiger partial charge on any atom is 0.573 e. The molecule has 4 aromatic rings. The zero-order chi connectivity index (χ0) is 25.2. The molecular formula is C23H19F4N3O4S. The number of nitrogens with one attached hydrogen (secondary N) is 1. The van der Waals surface area contributed by atoms with Gasteiger partial charge >= 0.3 is 6.36 Å². The van der Waals surface area contributed by atoms with Crippen LogP contribution in [-0.2, 0) is 16.4 Å². The second-order valence-electron chi connectivity index (χ2n) is 7.65. The molecule has 0 saturated heterocycles. The second-order valence-corrected chi connectivity index (χ2v) is 9.36. The largest absolute Gasteiger partial charge is 0.573 e. The van der Waals surface area contributed by atoms with Crippen molar-refractivity contribution in [3.05, 3.63) is 84.3 Å².